The lowest BCUT2D eigenvalue weighted by molar-refractivity contribution is 0.0884. The van der Waals surface area contributed by atoms with E-state index in [1.54, 1.807) is 0 Å². The molecule has 0 aliphatic carbocycles. The third kappa shape index (κ3) is 4.12. The molecule has 2 N–H and O–H groups in total. The van der Waals surface area contributed by atoms with Crippen LogP contribution in [0.25, 0.3) is 0 Å². The maximum Gasteiger partial charge on any atom is 0.407 e. The molecule has 6 heteroatoms. The summed E-state index contributed by atoms with van der Waals surface area (Å²) in [7, 11) is 0. The number of carboxylic acid groups (broad SMARTS) is 1. The van der Waals surface area contributed by atoms with E-state index < -0.39 is 6.09 Å². The summed E-state index contributed by atoms with van der Waals surface area (Å²) in [5.74, 6) is 0.760. The fourth-order valence-electron chi connectivity index (χ4n) is 2.93. The van der Waals surface area contributed by atoms with Crippen molar-refractivity contribution < 1.29 is 14.4 Å². The number of H-pyrrole nitrogens is 1. The first-order valence-corrected chi connectivity index (χ1v) is 7.44. The van der Waals surface area contributed by atoms with E-state index in [2.05, 4.69) is 25.9 Å². The summed E-state index contributed by atoms with van der Waals surface area (Å²) in [6.45, 7) is 6.96. The molecule has 1 aliphatic rings. The van der Waals surface area contributed by atoms with Crippen LogP contribution in [0.2, 0.25) is 0 Å². The Bertz CT molecular complexity index is 540. The van der Waals surface area contributed by atoms with Crippen molar-refractivity contribution in [3.63, 3.8) is 0 Å². The highest BCUT2D eigenvalue weighted by atomic mass is 16.5. The van der Waals surface area contributed by atoms with Gasteiger partial charge >= 0.3 is 6.09 Å². The van der Waals surface area contributed by atoms with Crippen molar-refractivity contribution in [3.8, 4) is 0 Å². The Kier molecular flexibility index (Phi) is 4.44. The Morgan fingerprint density at radius 1 is 1.52 bits per heavy atom. The van der Waals surface area contributed by atoms with Crippen LogP contribution >= 0.6 is 0 Å². The van der Waals surface area contributed by atoms with Gasteiger partial charge in [0.2, 0.25) is 0 Å². The Hall–Kier alpha value is -1.72. The summed E-state index contributed by atoms with van der Waals surface area (Å²) in [5, 5.41) is 11.7. The molecule has 0 radical (unpaired) electrons. The number of hydrogen-bond donors (Lipinski definition) is 2. The van der Waals surface area contributed by atoms with E-state index in [1.165, 1.54) is 11.0 Å². The molecular weight excluding hydrogens is 272 g/mol. The Morgan fingerprint density at radius 3 is 2.76 bits per heavy atom. The Morgan fingerprint density at radius 2 is 2.24 bits per heavy atom. The average molecular weight is 296 g/mol. The van der Waals surface area contributed by atoms with Crippen LogP contribution in [0, 0.1) is 5.41 Å². The zero-order valence-electron chi connectivity index (χ0n) is 12.9. The maximum atomic E-state index is 11.4. The highest BCUT2D eigenvalue weighted by Gasteiger charge is 2.34. The first-order valence-electron chi connectivity index (χ1n) is 7.44. The molecule has 0 aromatic carbocycles. The molecule has 0 bridgehead atoms. The van der Waals surface area contributed by atoms with E-state index in [0.717, 1.165) is 12.8 Å². The predicted octanol–water partition coefficient (Wildman–Crippen LogP) is 3.02. The summed E-state index contributed by atoms with van der Waals surface area (Å²) in [4.78, 5) is 24.1. The van der Waals surface area contributed by atoms with Gasteiger partial charge in [-0.05, 0) is 31.1 Å². The third-order valence-corrected chi connectivity index (χ3v) is 4.13. The zero-order valence-corrected chi connectivity index (χ0v) is 12.9. The molecule has 2 heterocycles. The smallest absolute Gasteiger partial charge is 0.407 e. The molecule has 1 aromatic heterocycles. The fraction of sp³-hybridized carbons (Fsp3) is 0.733. The van der Waals surface area contributed by atoms with Crippen molar-refractivity contribution in [1.82, 2.24) is 10.1 Å². The van der Waals surface area contributed by atoms with Gasteiger partial charge in [0.1, 0.15) is 5.76 Å². The second kappa shape index (κ2) is 5.95. The lowest BCUT2D eigenvalue weighted by Crippen LogP contribution is -2.45. The normalized spacial score (nSPS) is 23.3. The summed E-state index contributed by atoms with van der Waals surface area (Å²) in [6.07, 6.45) is 2.34. The highest BCUT2D eigenvalue weighted by molar-refractivity contribution is 5.65. The van der Waals surface area contributed by atoms with Crippen molar-refractivity contribution in [1.29, 1.82) is 0 Å². The van der Waals surface area contributed by atoms with Gasteiger partial charge in [-0.1, -0.05) is 20.8 Å². The number of nitrogens with zero attached hydrogens (tertiary/aromatic N) is 1. The minimum absolute atomic E-state index is 0.0133. The highest BCUT2D eigenvalue weighted by Crippen LogP contribution is 2.34. The molecule has 1 aromatic rings. The van der Waals surface area contributed by atoms with Gasteiger partial charge < -0.3 is 14.5 Å². The van der Waals surface area contributed by atoms with Crippen LogP contribution in [0.5, 0.6) is 0 Å². The lowest BCUT2D eigenvalue weighted by atomic mass is 9.82. The predicted molar refractivity (Wildman–Crippen MR) is 78.5 cm³/mol. The van der Waals surface area contributed by atoms with Crippen molar-refractivity contribution >= 4 is 6.09 Å². The number of likely N-dealkylation sites (tertiary alicyclic amines) is 1. The largest absolute Gasteiger partial charge is 0.465 e. The minimum Gasteiger partial charge on any atom is -0.465 e. The summed E-state index contributed by atoms with van der Waals surface area (Å²) in [6, 6.07) is 1.46. The number of amides is 1. The standard InChI is InChI=1S/C15H24N2O4/c1-15(2,3)6-4-11-8-10(5-7-17(11)14(19)20)12-9-13(18)16-21-12/h9-11H,4-8H2,1-3H3,(H,16,18)(H,19,20)/t10-,11-/m0/s1. The number of piperidine rings is 1. The van der Waals surface area contributed by atoms with Crippen LogP contribution in [0.15, 0.2) is 15.4 Å². The number of carbonyl (C=O) groups is 1. The number of nitrogens with one attached hydrogen (secondary N) is 1. The summed E-state index contributed by atoms with van der Waals surface area (Å²) in [5.41, 5.74) is -0.0606. The van der Waals surface area contributed by atoms with Gasteiger partial charge in [0.05, 0.1) is 0 Å². The number of rotatable bonds is 3. The van der Waals surface area contributed by atoms with E-state index in [0.29, 0.717) is 25.1 Å². The first-order chi connectivity index (χ1) is 9.76. The van der Waals surface area contributed by atoms with E-state index in [9.17, 15) is 14.7 Å². The summed E-state index contributed by atoms with van der Waals surface area (Å²) >= 11 is 0. The lowest BCUT2D eigenvalue weighted by Gasteiger charge is -2.38. The van der Waals surface area contributed by atoms with Gasteiger partial charge in [0.25, 0.3) is 5.56 Å². The van der Waals surface area contributed by atoms with Crippen LogP contribution in [-0.2, 0) is 0 Å². The number of aromatic nitrogens is 1. The molecule has 2 rings (SSSR count). The topological polar surface area (TPSA) is 86.5 Å². The zero-order chi connectivity index (χ0) is 15.6. The number of hydrogen-bond acceptors (Lipinski definition) is 3. The van der Waals surface area contributed by atoms with Crippen LogP contribution in [0.3, 0.4) is 0 Å². The molecule has 0 unspecified atom stereocenters. The van der Waals surface area contributed by atoms with Crippen molar-refractivity contribution in [2.24, 2.45) is 5.41 Å². The van der Waals surface area contributed by atoms with Gasteiger partial charge in [-0.15, -0.1) is 0 Å². The van der Waals surface area contributed by atoms with Crippen molar-refractivity contribution in [3.05, 3.63) is 22.2 Å². The monoisotopic (exact) mass is 296 g/mol. The first kappa shape index (κ1) is 15.7. The quantitative estimate of drug-likeness (QED) is 0.897. The Balaban J connectivity index is 2.08. The van der Waals surface area contributed by atoms with Gasteiger partial charge in [-0.3, -0.25) is 4.79 Å². The van der Waals surface area contributed by atoms with Gasteiger partial charge in [0.15, 0.2) is 0 Å². The average Bonchev–Trinajstić information content (AvgIpc) is 2.81. The molecule has 21 heavy (non-hydrogen) atoms. The molecule has 2 atom stereocenters. The SMILES string of the molecule is CC(C)(C)CC[C@H]1C[C@@H](c2cc(=O)[nH]o2)CCN1C(=O)O. The second-order valence-electron chi connectivity index (χ2n) is 7.07. The molecule has 6 nitrogen and oxygen atoms in total. The third-order valence-electron chi connectivity index (χ3n) is 4.13. The molecule has 1 fully saturated rings. The van der Waals surface area contributed by atoms with E-state index in [1.807, 2.05) is 0 Å². The molecule has 1 aliphatic heterocycles. The van der Waals surface area contributed by atoms with E-state index in [-0.39, 0.29) is 22.9 Å². The van der Waals surface area contributed by atoms with Crippen LogP contribution in [0.1, 0.15) is 58.1 Å². The van der Waals surface area contributed by atoms with Gasteiger partial charge in [0, 0.05) is 24.6 Å². The van der Waals surface area contributed by atoms with Crippen molar-refractivity contribution in [2.75, 3.05) is 6.54 Å². The molecular formula is C15H24N2O4. The van der Waals surface area contributed by atoms with Gasteiger partial charge in [-0.2, -0.15) is 5.16 Å². The molecule has 0 saturated carbocycles. The van der Waals surface area contributed by atoms with Crippen LogP contribution < -0.4 is 5.56 Å². The minimum atomic E-state index is -0.858. The second-order valence-corrected chi connectivity index (χ2v) is 7.07. The van der Waals surface area contributed by atoms with E-state index >= 15 is 0 Å². The van der Waals surface area contributed by atoms with Crippen molar-refractivity contribution in [2.45, 2.75) is 58.4 Å². The number of aromatic amines is 1. The molecule has 118 valence electrons. The molecule has 1 amide bonds. The fourth-order valence-corrected chi connectivity index (χ4v) is 2.93. The van der Waals surface area contributed by atoms with Crippen LogP contribution in [0.4, 0.5) is 4.79 Å². The summed E-state index contributed by atoms with van der Waals surface area (Å²) < 4.78 is 5.19. The molecule has 0 spiro atoms. The maximum absolute atomic E-state index is 11.4. The van der Waals surface area contributed by atoms with Crippen LogP contribution in [-0.4, -0.2) is 33.8 Å². The molecule has 1 saturated heterocycles. The van der Waals surface area contributed by atoms with E-state index in [4.69, 9.17) is 4.52 Å². The van der Waals surface area contributed by atoms with Gasteiger partial charge in [-0.25, -0.2) is 4.79 Å². The Labute approximate surface area is 124 Å².